The molecule has 1 aliphatic heterocycles. The minimum atomic E-state index is -0.865. The lowest BCUT2D eigenvalue weighted by Gasteiger charge is -2.38. The van der Waals surface area contributed by atoms with Gasteiger partial charge in [-0.1, -0.05) is 20.3 Å². The highest BCUT2D eigenvalue weighted by molar-refractivity contribution is 5.91. The lowest BCUT2D eigenvalue weighted by atomic mass is 9.91. The van der Waals surface area contributed by atoms with Gasteiger partial charge < -0.3 is 15.5 Å². The van der Waals surface area contributed by atoms with E-state index in [0.29, 0.717) is 13.0 Å². The predicted octanol–water partition coefficient (Wildman–Crippen LogP) is 1.16. The number of hydrogen-bond donors (Lipinski definition) is 2. The fourth-order valence-electron chi connectivity index (χ4n) is 3.73. The lowest BCUT2D eigenvalue weighted by molar-refractivity contribution is -0.141. The Labute approximate surface area is 164 Å². The number of carbonyl (C=O) groups excluding carboxylic acids is 3. The first kappa shape index (κ1) is 23.6. The van der Waals surface area contributed by atoms with E-state index in [2.05, 4.69) is 5.32 Å². The summed E-state index contributed by atoms with van der Waals surface area (Å²) in [5.74, 6) is -0.147. The van der Waals surface area contributed by atoms with Gasteiger partial charge in [0.15, 0.2) is 5.78 Å². The second-order valence-electron chi connectivity index (χ2n) is 8.00. The Morgan fingerprint density at radius 1 is 1.22 bits per heavy atom. The fourth-order valence-corrected chi connectivity index (χ4v) is 3.73. The maximum absolute atomic E-state index is 13.1. The van der Waals surface area contributed by atoms with Crippen molar-refractivity contribution in [3.63, 3.8) is 0 Å². The number of amides is 2. The van der Waals surface area contributed by atoms with E-state index in [1.165, 1.54) is 11.8 Å². The second-order valence-corrected chi connectivity index (χ2v) is 8.00. The molecule has 1 aliphatic rings. The van der Waals surface area contributed by atoms with Crippen LogP contribution in [0.25, 0.3) is 0 Å². The topological polar surface area (TPSA) is 95.7 Å². The predicted molar refractivity (Wildman–Crippen MR) is 107 cm³/mol. The molecule has 156 valence electrons. The number of likely N-dealkylation sites (N-methyl/N-ethyl adjacent to an activating group) is 1. The zero-order valence-electron chi connectivity index (χ0n) is 17.7. The van der Waals surface area contributed by atoms with Crippen LogP contribution in [0.2, 0.25) is 0 Å². The monoisotopic (exact) mass is 382 g/mol. The Balaban J connectivity index is 2.87. The van der Waals surface area contributed by atoms with Gasteiger partial charge in [0.2, 0.25) is 11.8 Å². The molecule has 0 saturated carbocycles. The third kappa shape index (κ3) is 6.28. The van der Waals surface area contributed by atoms with E-state index in [4.69, 9.17) is 5.73 Å². The van der Waals surface area contributed by atoms with E-state index in [1.807, 2.05) is 25.7 Å². The van der Waals surface area contributed by atoms with Crippen molar-refractivity contribution in [1.82, 2.24) is 15.1 Å². The summed E-state index contributed by atoms with van der Waals surface area (Å²) >= 11 is 0. The van der Waals surface area contributed by atoms with Gasteiger partial charge in [-0.3, -0.25) is 19.7 Å². The van der Waals surface area contributed by atoms with Gasteiger partial charge in [-0.2, -0.15) is 0 Å². The molecule has 3 atom stereocenters. The Morgan fingerprint density at radius 3 is 2.30 bits per heavy atom. The number of ketones is 1. The lowest BCUT2D eigenvalue weighted by Crippen LogP contribution is -2.60. The summed E-state index contributed by atoms with van der Waals surface area (Å²) in [6.45, 7) is 9.20. The summed E-state index contributed by atoms with van der Waals surface area (Å²) < 4.78 is 0. The highest BCUT2D eigenvalue weighted by atomic mass is 16.2. The van der Waals surface area contributed by atoms with Gasteiger partial charge in [-0.05, 0) is 45.1 Å². The molecule has 7 heteroatoms. The molecule has 27 heavy (non-hydrogen) atoms. The van der Waals surface area contributed by atoms with Gasteiger partial charge in [0, 0.05) is 27.1 Å². The number of nitrogens with one attached hydrogen (secondary N) is 1. The molecular formula is C20H38N4O3. The van der Waals surface area contributed by atoms with Crippen LogP contribution in [0.5, 0.6) is 0 Å². The van der Waals surface area contributed by atoms with E-state index >= 15 is 0 Å². The van der Waals surface area contributed by atoms with E-state index in [1.54, 1.807) is 7.05 Å². The van der Waals surface area contributed by atoms with E-state index < -0.39 is 11.6 Å². The minimum Gasteiger partial charge on any atom is -0.341 e. The van der Waals surface area contributed by atoms with Crippen molar-refractivity contribution in [3.8, 4) is 0 Å². The largest absolute Gasteiger partial charge is 0.341 e. The summed E-state index contributed by atoms with van der Waals surface area (Å²) in [6, 6.07) is -0.493. The normalized spacial score (nSPS) is 19.1. The molecule has 0 aromatic carbocycles. The second kappa shape index (κ2) is 10.8. The fraction of sp³-hybridized carbons (Fsp3) is 0.850. The van der Waals surface area contributed by atoms with E-state index in [-0.39, 0.29) is 30.1 Å². The summed E-state index contributed by atoms with van der Waals surface area (Å²) in [7, 11) is 1.66. The summed E-state index contributed by atoms with van der Waals surface area (Å²) in [6.07, 6.45) is 4.44. The third-order valence-corrected chi connectivity index (χ3v) is 5.84. The number of nitrogens with zero attached hydrogens (tertiary/aromatic N) is 2. The van der Waals surface area contributed by atoms with Crippen LogP contribution >= 0.6 is 0 Å². The summed E-state index contributed by atoms with van der Waals surface area (Å²) in [4.78, 5) is 41.2. The zero-order chi connectivity index (χ0) is 20.6. The van der Waals surface area contributed by atoms with Gasteiger partial charge in [0.05, 0.1) is 18.1 Å². The third-order valence-electron chi connectivity index (χ3n) is 5.84. The Morgan fingerprint density at radius 2 is 1.81 bits per heavy atom. The van der Waals surface area contributed by atoms with Crippen molar-refractivity contribution < 1.29 is 14.4 Å². The molecule has 3 N–H and O–H groups in total. The first-order valence-corrected chi connectivity index (χ1v) is 10.2. The molecule has 0 radical (unpaired) electrons. The molecule has 0 bridgehead atoms. The van der Waals surface area contributed by atoms with Crippen molar-refractivity contribution in [3.05, 3.63) is 0 Å². The molecule has 0 aromatic heterocycles. The molecular weight excluding hydrogens is 344 g/mol. The van der Waals surface area contributed by atoms with Crippen LogP contribution in [0.4, 0.5) is 0 Å². The van der Waals surface area contributed by atoms with Crippen LogP contribution in [0.15, 0.2) is 0 Å². The number of Topliss-reactive ketones (excluding diaryl/α,β-unsaturated/α-hetero) is 1. The van der Waals surface area contributed by atoms with Crippen molar-refractivity contribution in [2.24, 2.45) is 11.7 Å². The molecule has 0 aliphatic carbocycles. The smallest absolute Gasteiger partial charge is 0.242 e. The van der Waals surface area contributed by atoms with Crippen LogP contribution < -0.4 is 11.1 Å². The summed E-state index contributed by atoms with van der Waals surface area (Å²) in [5, 5.41) is 3.19. The van der Waals surface area contributed by atoms with E-state index in [0.717, 1.165) is 38.8 Å². The first-order chi connectivity index (χ1) is 12.7. The number of likely N-dealkylation sites (tertiary alicyclic amines) is 1. The van der Waals surface area contributed by atoms with Gasteiger partial charge in [0.1, 0.15) is 0 Å². The molecule has 7 nitrogen and oxygen atoms in total. The van der Waals surface area contributed by atoms with Crippen molar-refractivity contribution >= 4 is 17.6 Å². The molecule has 1 fully saturated rings. The molecule has 0 spiro atoms. The average Bonchev–Trinajstić information content (AvgIpc) is 2.66. The van der Waals surface area contributed by atoms with Crippen LogP contribution in [0.1, 0.15) is 59.8 Å². The maximum Gasteiger partial charge on any atom is 0.242 e. The minimum absolute atomic E-state index is 0.0143. The number of piperidine rings is 1. The number of rotatable bonds is 10. The molecule has 1 saturated heterocycles. The Bertz CT molecular complexity index is 519. The SMILES string of the molecule is CCC(C)C(C(=O)CN[C@@](C)(CCN)C(=O)N1CCCCC1)N(C)C(C)=O. The van der Waals surface area contributed by atoms with Crippen LogP contribution in [0, 0.1) is 5.92 Å². The molecule has 2 amide bonds. The van der Waals surface area contributed by atoms with Gasteiger partial charge in [0.25, 0.3) is 0 Å². The average molecular weight is 383 g/mol. The zero-order valence-corrected chi connectivity index (χ0v) is 17.7. The molecule has 1 heterocycles. The van der Waals surface area contributed by atoms with Crippen LogP contribution in [0.3, 0.4) is 0 Å². The van der Waals surface area contributed by atoms with Gasteiger partial charge in [-0.15, -0.1) is 0 Å². The van der Waals surface area contributed by atoms with Crippen molar-refractivity contribution in [1.29, 1.82) is 0 Å². The quantitative estimate of drug-likeness (QED) is 0.591. The number of carbonyl (C=O) groups is 3. The van der Waals surface area contributed by atoms with Crippen LogP contribution in [-0.4, -0.2) is 72.2 Å². The highest BCUT2D eigenvalue weighted by Gasteiger charge is 2.38. The van der Waals surface area contributed by atoms with Crippen LogP contribution in [-0.2, 0) is 14.4 Å². The molecule has 0 aromatic rings. The van der Waals surface area contributed by atoms with Gasteiger partial charge in [-0.25, -0.2) is 0 Å². The summed E-state index contributed by atoms with van der Waals surface area (Å²) in [5.41, 5.74) is 4.89. The Kier molecular flexibility index (Phi) is 9.39. The molecule has 2 unspecified atom stereocenters. The van der Waals surface area contributed by atoms with E-state index in [9.17, 15) is 14.4 Å². The van der Waals surface area contributed by atoms with Crippen molar-refractivity contribution in [2.45, 2.75) is 71.4 Å². The highest BCUT2D eigenvalue weighted by Crippen LogP contribution is 2.19. The number of nitrogens with two attached hydrogens (primary N) is 1. The first-order valence-electron chi connectivity index (χ1n) is 10.2. The van der Waals surface area contributed by atoms with Crippen molar-refractivity contribution in [2.75, 3.05) is 33.2 Å². The Hall–Kier alpha value is -1.47. The number of hydrogen-bond acceptors (Lipinski definition) is 5. The molecule has 1 rings (SSSR count). The maximum atomic E-state index is 13.1. The van der Waals surface area contributed by atoms with Gasteiger partial charge >= 0.3 is 0 Å². The standard InChI is InChI=1S/C20H38N4O3/c1-6-15(2)18(23(5)16(3)25)17(26)14-22-20(4,10-11-21)19(27)24-12-8-7-9-13-24/h15,18,22H,6-14,21H2,1-5H3/t15?,18?,20-/m0/s1.